The van der Waals surface area contributed by atoms with Crippen LogP contribution in [-0.4, -0.2) is 29.3 Å². The molecule has 146 valence electrons. The van der Waals surface area contributed by atoms with E-state index in [4.69, 9.17) is 9.47 Å². The number of para-hydroxylation sites is 2. The van der Waals surface area contributed by atoms with E-state index in [9.17, 15) is 4.79 Å². The number of ether oxygens (including phenoxy) is 2. The molecule has 0 saturated heterocycles. The summed E-state index contributed by atoms with van der Waals surface area (Å²) >= 11 is 2.94. The lowest BCUT2D eigenvalue weighted by Gasteiger charge is -2.17. The molecule has 1 N–H and O–H groups in total. The molecule has 0 saturated carbocycles. The van der Waals surface area contributed by atoms with Crippen LogP contribution in [0.3, 0.4) is 0 Å². The Labute approximate surface area is 172 Å². The van der Waals surface area contributed by atoms with E-state index in [-0.39, 0.29) is 5.91 Å². The molecule has 2 aromatic carbocycles. The smallest absolute Gasteiger partial charge is 0.267 e. The lowest BCUT2D eigenvalue weighted by atomic mass is 10.2. The SMILES string of the molecule is CC[C@H](Oc1ccccc1OC)C(=O)Nc1nnc(SCc2ccccc2)s1. The van der Waals surface area contributed by atoms with Gasteiger partial charge in [0.15, 0.2) is 21.9 Å². The van der Waals surface area contributed by atoms with Gasteiger partial charge in [-0.3, -0.25) is 10.1 Å². The second-order valence-electron chi connectivity index (χ2n) is 5.80. The number of thioether (sulfide) groups is 1. The molecule has 8 heteroatoms. The molecule has 0 radical (unpaired) electrons. The number of aromatic nitrogens is 2. The van der Waals surface area contributed by atoms with E-state index >= 15 is 0 Å². The third-order valence-corrected chi connectivity index (χ3v) is 5.89. The van der Waals surface area contributed by atoms with Crippen molar-refractivity contribution in [3.05, 3.63) is 60.2 Å². The first kappa shape index (κ1) is 20.2. The molecule has 1 atom stereocenters. The van der Waals surface area contributed by atoms with Crippen LogP contribution in [0.1, 0.15) is 18.9 Å². The molecule has 28 heavy (non-hydrogen) atoms. The summed E-state index contributed by atoms with van der Waals surface area (Å²) in [5, 5.41) is 11.5. The van der Waals surface area contributed by atoms with Gasteiger partial charge < -0.3 is 9.47 Å². The maximum Gasteiger partial charge on any atom is 0.267 e. The molecular weight excluding hydrogens is 394 g/mol. The molecule has 1 aromatic heterocycles. The van der Waals surface area contributed by atoms with Gasteiger partial charge in [-0.05, 0) is 24.1 Å². The monoisotopic (exact) mass is 415 g/mol. The van der Waals surface area contributed by atoms with E-state index in [0.717, 1.165) is 10.1 Å². The zero-order chi connectivity index (χ0) is 19.8. The Morgan fingerprint density at radius 3 is 2.54 bits per heavy atom. The van der Waals surface area contributed by atoms with Crippen LogP contribution < -0.4 is 14.8 Å². The van der Waals surface area contributed by atoms with Crippen LogP contribution in [0.2, 0.25) is 0 Å². The van der Waals surface area contributed by atoms with Gasteiger partial charge in [-0.15, -0.1) is 10.2 Å². The molecule has 0 bridgehead atoms. The van der Waals surface area contributed by atoms with Crippen molar-refractivity contribution in [2.45, 2.75) is 29.5 Å². The minimum absolute atomic E-state index is 0.260. The van der Waals surface area contributed by atoms with E-state index in [2.05, 4.69) is 27.6 Å². The van der Waals surface area contributed by atoms with Gasteiger partial charge in [-0.25, -0.2) is 0 Å². The number of carbonyl (C=O) groups is 1. The summed E-state index contributed by atoms with van der Waals surface area (Å²) in [7, 11) is 1.57. The lowest BCUT2D eigenvalue weighted by Crippen LogP contribution is -2.32. The summed E-state index contributed by atoms with van der Waals surface area (Å²) in [6.45, 7) is 1.89. The van der Waals surface area contributed by atoms with Gasteiger partial charge in [0, 0.05) is 5.75 Å². The zero-order valence-corrected chi connectivity index (χ0v) is 17.3. The van der Waals surface area contributed by atoms with Gasteiger partial charge in [0.05, 0.1) is 7.11 Å². The molecule has 0 aliphatic rings. The Bertz CT molecular complexity index is 902. The van der Waals surface area contributed by atoms with Gasteiger partial charge in [0.25, 0.3) is 5.91 Å². The van der Waals surface area contributed by atoms with E-state index in [1.807, 2.05) is 37.3 Å². The molecule has 1 heterocycles. The number of carbonyl (C=O) groups excluding carboxylic acids is 1. The second-order valence-corrected chi connectivity index (χ2v) is 8.00. The average Bonchev–Trinajstić information content (AvgIpc) is 3.18. The minimum Gasteiger partial charge on any atom is -0.493 e. The molecule has 6 nitrogen and oxygen atoms in total. The highest BCUT2D eigenvalue weighted by Crippen LogP contribution is 2.30. The highest BCUT2D eigenvalue weighted by atomic mass is 32.2. The van der Waals surface area contributed by atoms with Crippen LogP contribution in [0, 0.1) is 0 Å². The summed E-state index contributed by atoms with van der Waals surface area (Å²) < 4.78 is 11.9. The summed E-state index contributed by atoms with van der Waals surface area (Å²) in [5.74, 6) is 1.66. The first-order valence-electron chi connectivity index (χ1n) is 8.80. The number of benzene rings is 2. The van der Waals surface area contributed by atoms with E-state index in [1.165, 1.54) is 16.9 Å². The molecule has 0 spiro atoms. The van der Waals surface area contributed by atoms with Crippen molar-refractivity contribution < 1.29 is 14.3 Å². The number of nitrogens with zero attached hydrogens (tertiary/aromatic N) is 2. The molecule has 0 unspecified atom stereocenters. The highest BCUT2D eigenvalue weighted by molar-refractivity contribution is 8.00. The van der Waals surface area contributed by atoms with Crippen LogP contribution in [0.5, 0.6) is 11.5 Å². The molecule has 3 rings (SSSR count). The molecular formula is C20H21N3O3S2. The number of methoxy groups -OCH3 is 1. The topological polar surface area (TPSA) is 73.3 Å². The largest absolute Gasteiger partial charge is 0.493 e. The highest BCUT2D eigenvalue weighted by Gasteiger charge is 2.21. The summed E-state index contributed by atoms with van der Waals surface area (Å²) in [6, 6.07) is 17.4. The number of hydrogen-bond donors (Lipinski definition) is 1. The minimum atomic E-state index is -0.652. The molecule has 3 aromatic rings. The fraction of sp³-hybridized carbons (Fsp3) is 0.250. The Morgan fingerprint density at radius 1 is 1.11 bits per heavy atom. The predicted molar refractivity (Wildman–Crippen MR) is 112 cm³/mol. The molecule has 1 amide bonds. The number of amides is 1. The van der Waals surface area contributed by atoms with Crippen molar-refractivity contribution in [3.8, 4) is 11.5 Å². The predicted octanol–water partition coefficient (Wildman–Crippen LogP) is 4.64. The van der Waals surface area contributed by atoms with Crippen molar-refractivity contribution in [2.24, 2.45) is 0 Å². The maximum atomic E-state index is 12.6. The fourth-order valence-corrected chi connectivity index (χ4v) is 4.13. The second kappa shape index (κ2) is 10.1. The average molecular weight is 416 g/mol. The Hall–Kier alpha value is -2.58. The van der Waals surface area contributed by atoms with Gasteiger partial charge in [0.1, 0.15) is 0 Å². The van der Waals surface area contributed by atoms with Crippen molar-refractivity contribution in [1.82, 2.24) is 10.2 Å². The van der Waals surface area contributed by atoms with Crippen molar-refractivity contribution in [2.75, 3.05) is 12.4 Å². The standard InChI is InChI=1S/C20H21N3O3S2/c1-3-15(26-17-12-8-7-11-16(17)25-2)18(24)21-19-22-23-20(28-19)27-13-14-9-5-4-6-10-14/h4-12,15H,3,13H2,1-2H3,(H,21,22,24)/t15-/m0/s1. The number of anilines is 1. The van der Waals surface area contributed by atoms with Gasteiger partial charge in [-0.1, -0.05) is 72.5 Å². The Morgan fingerprint density at radius 2 is 1.82 bits per heavy atom. The third kappa shape index (κ3) is 5.46. The quantitative estimate of drug-likeness (QED) is 0.406. The van der Waals surface area contributed by atoms with Crippen molar-refractivity contribution in [1.29, 1.82) is 0 Å². The molecule has 0 aliphatic heterocycles. The summed E-state index contributed by atoms with van der Waals surface area (Å²) in [6.07, 6.45) is -0.140. The van der Waals surface area contributed by atoms with Crippen LogP contribution in [0.25, 0.3) is 0 Å². The van der Waals surface area contributed by atoms with Crippen molar-refractivity contribution >= 4 is 34.1 Å². The number of rotatable bonds is 9. The van der Waals surface area contributed by atoms with Crippen LogP contribution in [0.4, 0.5) is 5.13 Å². The Balaban J connectivity index is 1.58. The third-order valence-electron chi connectivity index (χ3n) is 3.84. The lowest BCUT2D eigenvalue weighted by molar-refractivity contribution is -0.122. The fourth-order valence-electron chi connectivity index (χ4n) is 2.42. The van der Waals surface area contributed by atoms with Crippen LogP contribution in [0.15, 0.2) is 58.9 Å². The first-order chi connectivity index (χ1) is 13.7. The van der Waals surface area contributed by atoms with Gasteiger partial charge >= 0.3 is 0 Å². The van der Waals surface area contributed by atoms with E-state index in [0.29, 0.717) is 23.1 Å². The van der Waals surface area contributed by atoms with E-state index < -0.39 is 6.10 Å². The summed E-state index contributed by atoms with van der Waals surface area (Å²) in [5.41, 5.74) is 1.21. The molecule has 0 aliphatic carbocycles. The normalized spacial score (nSPS) is 11.6. The first-order valence-corrected chi connectivity index (χ1v) is 10.6. The maximum absolute atomic E-state index is 12.6. The van der Waals surface area contributed by atoms with Crippen LogP contribution in [-0.2, 0) is 10.5 Å². The van der Waals surface area contributed by atoms with Gasteiger partial charge in [-0.2, -0.15) is 0 Å². The molecule has 0 fully saturated rings. The van der Waals surface area contributed by atoms with E-state index in [1.54, 1.807) is 31.0 Å². The van der Waals surface area contributed by atoms with Gasteiger partial charge in [0.2, 0.25) is 5.13 Å². The number of hydrogen-bond acceptors (Lipinski definition) is 7. The Kier molecular flexibility index (Phi) is 7.27. The van der Waals surface area contributed by atoms with Crippen LogP contribution >= 0.6 is 23.1 Å². The zero-order valence-electron chi connectivity index (χ0n) is 15.6. The van der Waals surface area contributed by atoms with Crippen molar-refractivity contribution in [3.63, 3.8) is 0 Å². The summed E-state index contributed by atoms with van der Waals surface area (Å²) in [4.78, 5) is 12.6. The number of nitrogens with one attached hydrogen (secondary N) is 1.